The second-order valence-corrected chi connectivity index (χ2v) is 11.4. The fraction of sp³-hybridized carbons (Fsp3) is 0.500. The van der Waals surface area contributed by atoms with Crippen molar-refractivity contribution < 1.29 is 13.9 Å². The molecule has 188 valence electrons. The molecule has 1 aliphatic carbocycles. The normalized spacial score (nSPS) is 24.4. The molecule has 2 bridgehead atoms. The van der Waals surface area contributed by atoms with Crippen LogP contribution >= 0.6 is 27.7 Å². The number of rotatable bonds is 6. The number of nitriles is 1. The summed E-state index contributed by atoms with van der Waals surface area (Å²) in [6.45, 7) is 4.21. The minimum absolute atomic E-state index is 0.0119. The molecule has 7 nitrogen and oxygen atoms in total. The average molecular weight is 573 g/mol. The van der Waals surface area contributed by atoms with Crippen molar-refractivity contribution in [1.29, 1.82) is 5.26 Å². The summed E-state index contributed by atoms with van der Waals surface area (Å²) in [6, 6.07) is 6.77. The van der Waals surface area contributed by atoms with Crippen molar-refractivity contribution in [2.24, 2.45) is 5.92 Å². The van der Waals surface area contributed by atoms with Crippen molar-refractivity contribution in [3.05, 3.63) is 33.7 Å². The number of carbonyl (C=O) groups excluding carboxylic acids is 1. The lowest BCUT2D eigenvalue weighted by Crippen LogP contribution is -2.45. The van der Waals surface area contributed by atoms with Gasteiger partial charge in [-0.05, 0) is 65.6 Å². The summed E-state index contributed by atoms with van der Waals surface area (Å²) < 4.78 is 23.9. The number of pyridine rings is 1. The summed E-state index contributed by atoms with van der Waals surface area (Å²) in [5, 5.41) is 15.3. The quantitative estimate of drug-likeness (QED) is 0.431. The fourth-order valence-electron chi connectivity index (χ4n) is 6.21. The van der Waals surface area contributed by atoms with Crippen LogP contribution in [0.15, 0.2) is 21.6 Å². The van der Waals surface area contributed by atoms with E-state index in [1.54, 1.807) is 0 Å². The van der Waals surface area contributed by atoms with Crippen LogP contribution < -0.4 is 5.32 Å². The molecule has 10 heteroatoms. The van der Waals surface area contributed by atoms with Gasteiger partial charge < -0.3 is 19.5 Å². The first kappa shape index (κ1) is 24.2. The van der Waals surface area contributed by atoms with Gasteiger partial charge in [0.15, 0.2) is 5.82 Å². The second-order valence-electron chi connectivity index (χ2n) is 9.86. The SMILES string of the molecule is CSc1nc2c(F)c(Br)c(CCC#N)cc2c2c1cc([C@@H](C)N1CCOCC1=O)n2[C@H]1[C@H]2CN[C@@H]1C2. The third-order valence-corrected chi connectivity index (χ3v) is 9.59. The molecule has 2 aromatic heterocycles. The zero-order valence-electron chi connectivity index (χ0n) is 20.2. The molecule has 1 amide bonds. The lowest BCUT2D eigenvalue weighted by molar-refractivity contribution is -0.145. The predicted octanol–water partition coefficient (Wildman–Crippen LogP) is 4.72. The van der Waals surface area contributed by atoms with E-state index >= 15 is 4.39 Å². The van der Waals surface area contributed by atoms with Crippen LogP contribution in [0.4, 0.5) is 4.39 Å². The van der Waals surface area contributed by atoms with Crippen LogP contribution in [0.2, 0.25) is 0 Å². The molecule has 1 N–H and O–H groups in total. The number of hydrogen-bond acceptors (Lipinski definition) is 6. The van der Waals surface area contributed by atoms with Crippen molar-refractivity contribution in [3.8, 4) is 6.07 Å². The number of thioether (sulfide) groups is 1. The number of hydrogen-bond donors (Lipinski definition) is 1. The highest BCUT2D eigenvalue weighted by Crippen LogP contribution is 2.49. The average Bonchev–Trinajstić information content (AvgIpc) is 3.61. The van der Waals surface area contributed by atoms with E-state index in [0.717, 1.165) is 45.5 Å². The number of morpholine rings is 1. The van der Waals surface area contributed by atoms with Crippen LogP contribution in [0, 0.1) is 23.1 Å². The van der Waals surface area contributed by atoms with Crippen LogP contribution in [0.3, 0.4) is 0 Å². The number of nitrogens with zero attached hydrogens (tertiary/aromatic N) is 4. The van der Waals surface area contributed by atoms with Gasteiger partial charge in [0.2, 0.25) is 5.91 Å². The smallest absolute Gasteiger partial charge is 0.249 e. The van der Waals surface area contributed by atoms with E-state index in [1.165, 1.54) is 11.8 Å². The first-order valence-corrected chi connectivity index (χ1v) is 14.3. The van der Waals surface area contributed by atoms with Gasteiger partial charge in [-0.15, -0.1) is 11.8 Å². The molecule has 4 atom stereocenters. The molecular weight excluding hydrogens is 545 g/mol. The number of benzene rings is 1. The molecule has 7 rings (SSSR count). The van der Waals surface area contributed by atoms with Crippen LogP contribution in [-0.4, -0.2) is 59.0 Å². The Labute approximate surface area is 221 Å². The zero-order valence-corrected chi connectivity index (χ0v) is 22.6. The van der Waals surface area contributed by atoms with E-state index in [-0.39, 0.29) is 24.6 Å². The summed E-state index contributed by atoms with van der Waals surface area (Å²) in [7, 11) is 0. The third kappa shape index (κ3) is 3.58. The number of carbonyl (C=O) groups is 1. The summed E-state index contributed by atoms with van der Waals surface area (Å²) in [4.78, 5) is 19.4. The van der Waals surface area contributed by atoms with Gasteiger partial charge in [-0.2, -0.15) is 5.26 Å². The number of fused-ring (bicyclic) bond motifs is 4. The van der Waals surface area contributed by atoms with Crippen molar-refractivity contribution >= 4 is 55.4 Å². The van der Waals surface area contributed by atoms with Gasteiger partial charge in [0, 0.05) is 42.0 Å². The molecule has 4 aliphatic rings. The second kappa shape index (κ2) is 9.28. The van der Waals surface area contributed by atoms with E-state index in [1.807, 2.05) is 17.2 Å². The van der Waals surface area contributed by atoms with E-state index in [0.29, 0.717) is 47.9 Å². The summed E-state index contributed by atoms with van der Waals surface area (Å²) in [6.07, 6.45) is 3.85. The molecule has 1 saturated carbocycles. The maximum absolute atomic E-state index is 15.7. The topological polar surface area (TPSA) is 83.2 Å². The summed E-state index contributed by atoms with van der Waals surface area (Å²) in [5.74, 6) is 0.0939. The summed E-state index contributed by atoms with van der Waals surface area (Å²) >= 11 is 4.93. The van der Waals surface area contributed by atoms with Crippen molar-refractivity contribution in [1.82, 2.24) is 19.8 Å². The Kier molecular flexibility index (Phi) is 6.23. The molecule has 1 aromatic carbocycles. The van der Waals surface area contributed by atoms with Gasteiger partial charge in [0.1, 0.15) is 17.1 Å². The zero-order chi connectivity index (χ0) is 25.1. The van der Waals surface area contributed by atoms with Crippen molar-refractivity contribution in [2.75, 3.05) is 32.6 Å². The van der Waals surface area contributed by atoms with Gasteiger partial charge in [0.25, 0.3) is 0 Å². The molecule has 5 heterocycles. The van der Waals surface area contributed by atoms with Crippen molar-refractivity contribution in [3.63, 3.8) is 0 Å². The van der Waals surface area contributed by atoms with Gasteiger partial charge >= 0.3 is 0 Å². The monoisotopic (exact) mass is 571 g/mol. The molecule has 36 heavy (non-hydrogen) atoms. The summed E-state index contributed by atoms with van der Waals surface area (Å²) in [5.41, 5.74) is 3.12. The van der Waals surface area contributed by atoms with Crippen LogP contribution in [0.5, 0.6) is 0 Å². The van der Waals surface area contributed by atoms with E-state index in [9.17, 15) is 4.79 Å². The molecule has 0 unspecified atom stereocenters. The first-order chi connectivity index (χ1) is 17.4. The Morgan fingerprint density at radius 2 is 2.25 bits per heavy atom. The predicted molar refractivity (Wildman–Crippen MR) is 140 cm³/mol. The minimum Gasteiger partial charge on any atom is -0.370 e. The Bertz CT molecular complexity index is 1420. The number of amides is 1. The van der Waals surface area contributed by atoms with E-state index < -0.39 is 5.82 Å². The highest BCUT2D eigenvalue weighted by molar-refractivity contribution is 9.10. The van der Waals surface area contributed by atoms with Gasteiger partial charge in [-0.3, -0.25) is 4.79 Å². The fourth-order valence-corrected chi connectivity index (χ4v) is 7.27. The Morgan fingerprint density at radius 1 is 1.42 bits per heavy atom. The molecule has 0 spiro atoms. The first-order valence-electron chi connectivity index (χ1n) is 12.3. The number of aryl methyl sites for hydroxylation is 1. The van der Waals surface area contributed by atoms with E-state index in [4.69, 9.17) is 15.0 Å². The van der Waals surface area contributed by atoms with Crippen molar-refractivity contribution in [2.45, 2.75) is 49.3 Å². The molecule has 4 fully saturated rings. The minimum atomic E-state index is -0.391. The highest BCUT2D eigenvalue weighted by Gasteiger charge is 2.49. The highest BCUT2D eigenvalue weighted by atomic mass is 79.9. The molecular formula is C26H27BrFN5O2S. The van der Waals surface area contributed by atoms with Gasteiger partial charge in [0.05, 0.1) is 34.7 Å². The van der Waals surface area contributed by atoms with Gasteiger partial charge in [-0.25, -0.2) is 9.37 Å². The van der Waals surface area contributed by atoms with Crippen LogP contribution in [0.1, 0.15) is 43.1 Å². The Hall–Kier alpha value is -2.19. The molecule has 0 radical (unpaired) electrons. The van der Waals surface area contributed by atoms with Crippen LogP contribution in [-0.2, 0) is 16.0 Å². The molecule has 3 aromatic rings. The largest absolute Gasteiger partial charge is 0.370 e. The molecule has 3 saturated heterocycles. The standard InChI is InChI=1S/C26H27BrFN5O2S/c1-13(32-6-7-35-12-20(32)34)19-10-17-25(33(19)24-15-9-18(24)30-11-15)16-8-14(4-3-5-29)21(27)22(28)23(16)31-26(17)36-2/h8,10,13,15,18,24,30H,3-4,6-7,9,11-12H2,1-2H3/t13-,15-,18-,24+/m1/s1. The molecule has 3 aliphatic heterocycles. The lowest BCUT2D eigenvalue weighted by atomic mass is 9.79. The lowest BCUT2D eigenvalue weighted by Gasteiger charge is -2.40. The van der Waals surface area contributed by atoms with Crippen LogP contribution in [0.25, 0.3) is 21.8 Å². The van der Waals surface area contributed by atoms with Gasteiger partial charge in [-0.1, -0.05) is 0 Å². The Morgan fingerprint density at radius 3 is 2.92 bits per heavy atom. The number of halogens is 2. The Balaban J connectivity index is 1.65. The maximum atomic E-state index is 15.7. The number of nitrogens with one attached hydrogen (secondary N) is 1. The third-order valence-electron chi connectivity index (χ3n) is 8.03. The van der Waals surface area contributed by atoms with E-state index in [2.05, 4.69) is 44.9 Å². The number of ether oxygens (including phenoxy) is 1. The number of aromatic nitrogens is 2. The maximum Gasteiger partial charge on any atom is 0.249 e.